The summed E-state index contributed by atoms with van der Waals surface area (Å²) in [5, 5.41) is 4.47. The first kappa shape index (κ1) is 13.5. The summed E-state index contributed by atoms with van der Waals surface area (Å²) in [6, 6.07) is 0. The molecular formula is C12H17ClN2O3. The number of methoxy groups -OCH3 is 2. The van der Waals surface area contributed by atoms with Crippen LogP contribution in [0.5, 0.6) is 0 Å². The number of carbonyl (C=O) groups is 1. The van der Waals surface area contributed by atoms with Crippen molar-refractivity contribution < 1.29 is 14.3 Å². The number of Topliss-reactive ketones (excluding diaryl/α,β-unsaturated/α-hetero) is 1. The molecule has 1 aromatic heterocycles. The molecule has 0 bridgehead atoms. The van der Waals surface area contributed by atoms with Crippen LogP contribution in [0.3, 0.4) is 0 Å². The summed E-state index contributed by atoms with van der Waals surface area (Å²) in [5.41, 5.74) is 0.424. The summed E-state index contributed by atoms with van der Waals surface area (Å²) in [6.45, 7) is 0.991. The molecule has 18 heavy (non-hydrogen) atoms. The van der Waals surface area contributed by atoms with Gasteiger partial charge in [-0.3, -0.25) is 9.48 Å². The Kier molecular flexibility index (Phi) is 4.37. The lowest BCUT2D eigenvalue weighted by Crippen LogP contribution is -2.28. The van der Waals surface area contributed by atoms with Crippen LogP contribution in [-0.2, 0) is 16.0 Å². The molecule has 100 valence electrons. The van der Waals surface area contributed by atoms with Crippen LogP contribution in [0.2, 0.25) is 5.02 Å². The fourth-order valence-electron chi connectivity index (χ4n) is 2.00. The summed E-state index contributed by atoms with van der Waals surface area (Å²) in [7, 11) is 3.17. The van der Waals surface area contributed by atoms with Crippen molar-refractivity contribution in [1.29, 1.82) is 0 Å². The van der Waals surface area contributed by atoms with E-state index >= 15 is 0 Å². The Balaban J connectivity index is 2.19. The monoisotopic (exact) mass is 272 g/mol. The average Bonchev–Trinajstić information content (AvgIpc) is 3.11. The maximum Gasteiger partial charge on any atom is 0.211 e. The molecule has 1 atom stereocenters. The molecule has 1 unspecified atom stereocenters. The summed E-state index contributed by atoms with van der Waals surface area (Å²) >= 11 is 6.04. The Morgan fingerprint density at radius 3 is 2.89 bits per heavy atom. The number of ketones is 1. The summed E-state index contributed by atoms with van der Waals surface area (Å²) in [4.78, 5) is 12.4. The van der Waals surface area contributed by atoms with E-state index in [-0.39, 0.29) is 5.78 Å². The molecule has 1 saturated carbocycles. The summed E-state index contributed by atoms with van der Waals surface area (Å²) < 4.78 is 11.9. The summed E-state index contributed by atoms with van der Waals surface area (Å²) in [5.74, 6) is 0.239. The maximum atomic E-state index is 12.4. The molecule has 0 radical (unpaired) electrons. The third-order valence-electron chi connectivity index (χ3n) is 3.10. The molecule has 2 rings (SSSR count). The predicted octanol–water partition coefficient (Wildman–Crippen LogP) is 1.79. The van der Waals surface area contributed by atoms with Crippen LogP contribution in [0, 0.1) is 5.92 Å². The van der Waals surface area contributed by atoms with Crippen molar-refractivity contribution in [2.45, 2.75) is 25.5 Å². The van der Waals surface area contributed by atoms with Crippen molar-refractivity contribution in [3.05, 3.63) is 16.9 Å². The highest BCUT2D eigenvalue weighted by atomic mass is 35.5. The second-order valence-corrected chi connectivity index (χ2v) is 4.82. The van der Waals surface area contributed by atoms with E-state index in [1.54, 1.807) is 18.9 Å². The van der Waals surface area contributed by atoms with E-state index in [9.17, 15) is 4.79 Å². The molecule has 0 spiro atoms. The lowest BCUT2D eigenvalue weighted by molar-refractivity contribution is 0.0527. The van der Waals surface area contributed by atoms with Gasteiger partial charge in [0.15, 0.2) is 0 Å². The molecule has 0 N–H and O–H groups in total. The molecule has 5 nitrogen and oxygen atoms in total. The van der Waals surface area contributed by atoms with Gasteiger partial charge in [-0.05, 0) is 18.8 Å². The third kappa shape index (κ3) is 2.74. The van der Waals surface area contributed by atoms with Crippen molar-refractivity contribution >= 4 is 17.4 Å². The molecule has 0 aromatic carbocycles. The minimum Gasteiger partial charge on any atom is -0.383 e. The van der Waals surface area contributed by atoms with Crippen LogP contribution in [-0.4, -0.2) is 42.5 Å². The lowest BCUT2D eigenvalue weighted by atomic mass is 10.1. The Morgan fingerprint density at radius 2 is 2.33 bits per heavy atom. The quantitative estimate of drug-likeness (QED) is 0.710. The second kappa shape index (κ2) is 5.82. The zero-order valence-electron chi connectivity index (χ0n) is 10.6. The Hall–Kier alpha value is -0.910. The SMILES string of the molecule is COCCn1ncc(Cl)c1C(=O)C(OC)C1CC1. The van der Waals surface area contributed by atoms with Gasteiger partial charge in [0.2, 0.25) is 5.78 Å². The van der Waals surface area contributed by atoms with Crippen LogP contribution < -0.4 is 0 Å². The molecule has 0 amide bonds. The van der Waals surface area contributed by atoms with Gasteiger partial charge in [0.25, 0.3) is 0 Å². The summed E-state index contributed by atoms with van der Waals surface area (Å²) in [6.07, 6.45) is 3.16. The topological polar surface area (TPSA) is 53.4 Å². The van der Waals surface area contributed by atoms with E-state index in [4.69, 9.17) is 21.1 Å². The van der Waals surface area contributed by atoms with Crippen LogP contribution >= 0.6 is 11.6 Å². The van der Waals surface area contributed by atoms with Gasteiger partial charge in [-0.2, -0.15) is 5.10 Å². The first-order chi connectivity index (χ1) is 8.69. The van der Waals surface area contributed by atoms with Gasteiger partial charge >= 0.3 is 0 Å². The van der Waals surface area contributed by atoms with Crippen LogP contribution in [0.1, 0.15) is 23.3 Å². The highest BCUT2D eigenvalue weighted by Gasteiger charge is 2.38. The smallest absolute Gasteiger partial charge is 0.211 e. The van der Waals surface area contributed by atoms with E-state index in [0.29, 0.717) is 29.8 Å². The molecule has 6 heteroatoms. The lowest BCUT2D eigenvalue weighted by Gasteiger charge is -2.14. The normalized spacial score (nSPS) is 16.8. The van der Waals surface area contributed by atoms with Crippen LogP contribution in [0.15, 0.2) is 6.20 Å². The molecular weight excluding hydrogens is 256 g/mol. The van der Waals surface area contributed by atoms with E-state index < -0.39 is 6.10 Å². The van der Waals surface area contributed by atoms with Gasteiger partial charge in [-0.15, -0.1) is 0 Å². The zero-order chi connectivity index (χ0) is 13.1. The molecule has 0 saturated heterocycles. The first-order valence-corrected chi connectivity index (χ1v) is 6.34. The number of carbonyl (C=O) groups excluding carboxylic acids is 1. The molecule has 1 aliphatic carbocycles. The molecule has 1 aliphatic rings. The number of hydrogen-bond acceptors (Lipinski definition) is 4. The number of nitrogens with zero attached hydrogens (tertiary/aromatic N) is 2. The molecule has 1 heterocycles. The fourth-order valence-corrected chi connectivity index (χ4v) is 2.24. The predicted molar refractivity (Wildman–Crippen MR) is 67.0 cm³/mol. The third-order valence-corrected chi connectivity index (χ3v) is 3.37. The van der Waals surface area contributed by atoms with Crippen LogP contribution in [0.25, 0.3) is 0 Å². The highest BCUT2D eigenvalue weighted by Crippen LogP contribution is 2.36. The van der Waals surface area contributed by atoms with E-state index in [0.717, 1.165) is 12.8 Å². The van der Waals surface area contributed by atoms with Crippen LogP contribution in [0.4, 0.5) is 0 Å². The minimum absolute atomic E-state index is 0.0846. The van der Waals surface area contributed by atoms with Gasteiger partial charge in [-0.1, -0.05) is 11.6 Å². The minimum atomic E-state index is -0.402. The first-order valence-electron chi connectivity index (χ1n) is 5.96. The fraction of sp³-hybridized carbons (Fsp3) is 0.667. The van der Waals surface area contributed by atoms with Gasteiger partial charge in [0.05, 0.1) is 24.4 Å². The van der Waals surface area contributed by atoms with Crippen molar-refractivity contribution in [1.82, 2.24) is 9.78 Å². The van der Waals surface area contributed by atoms with Gasteiger partial charge in [0, 0.05) is 14.2 Å². The zero-order valence-corrected chi connectivity index (χ0v) is 11.3. The number of rotatable bonds is 7. The Bertz CT molecular complexity index is 429. The van der Waals surface area contributed by atoms with Crippen molar-refractivity contribution in [3.8, 4) is 0 Å². The standard InChI is InChI=1S/C12H17ClN2O3/c1-17-6-5-15-10(9(13)7-14-15)11(16)12(18-2)8-3-4-8/h7-8,12H,3-6H2,1-2H3. The average molecular weight is 273 g/mol. The number of hydrogen-bond donors (Lipinski definition) is 0. The van der Waals surface area contributed by atoms with E-state index in [1.165, 1.54) is 6.20 Å². The van der Waals surface area contributed by atoms with Gasteiger partial charge in [0.1, 0.15) is 11.8 Å². The van der Waals surface area contributed by atoms with Crippen molar-refractivity contribution in [3.63, 3.8) is 0 Å². The number of halogens is 1. The highest BCUT2D eigenvalue weighted by molar-refractivity contribution is 6.33. The maximum absolute atomic E-state index is 12.4. The Morgan fingerprint density at radius 1 is 1.61 bits per heavy atom. The van der Waals surface area contributed by atoms with E-state index in [1.807, 2.05) is 0 Å². The van der Waals surface area contributed by atoms with Crippen molar-refractivity contribution in [2.24, 2.45) is 5.92 Å². The largest absolute Gasteiger partial charge is 0.383 e. The second-order valence-electron chi connectivity index (χ2n) is 4.42. The molecule has 0 aliphatic heterocycles. The van der Waals surface area contributed by atoms with Crippen molar-refractivity contribution in [2.75, 3.05) is 20.8 Å². The molecule has 1 aromatic rings. The molecule has 1 fully saturated rings. The van der Waals surface area contributed by atoms with Gasteiger partial charge < -0.3 is 9.47 Å². The van der Waals surface area contributed by atoms with Gasteiger partial charge in [-0.25, -0.2) is 0 Å². The number of ether oxygens (including phenoxy) is 2. The number of aromatic nitrogens is 2. The van der Waals surface area contributed by atoms with E-state index in [2.05, 4.69) is 5.10 Å². The Labute approximate surface area is 111 Å².